The van der Waals surface area contributed by atoms with Crippen molar-refractivity contribution in [1.29, 1.82) is 5.26 Å². The van der Waals surface area contributed by atoms with Crippen LogP contribution in [0.4, 0.5) is 11.4 Å². The van der Waals surface area contributed by atoms with E-state index in [1.54, 1.807) is 24.3 Å². The summed E-state index contributed by atoms with van der Waals surface area (Å²) in [5.41, 5.74) is 2.07. The molecule has 0 spiro atoms. The first-order valence-electron chi connectivity index (χ1n) is 9.58. The quantitative estimate of drug-likeness (QED) is 0.743. The molecule has 2 aromatic carbocycles. The molecule has 0 aromatic heterocycles. The third-order valence-electron chi connectivity index (χ3n) is 5.33. The second-order valence-corrected chi connectivity index (χ2v) is 7.19. The lowest BCUT2D eigenvalue weighted by Gasteiger charge is -2.32. The maximum atomic E-state index is 12.5. The van der Waals surface area contributed by atoms with Gasteiger partial charge in [0.25, 0.3) is 5.91 Å². The number of quaternary nitrogens is 1. The molecule has 1 atom stereocenters. The van der Waals surface area contributed by atoms with Gasteiger partial charge in [-0.05, 0) is 43.3 Å². The molecular weight excluding hydrogens is 352 g/mol. The molecule has 6 heteroatoms. The minimum Gasteiger partial charge on any atom is -0.326 e. The van der Waals surface area contributed by atoms with Gasteiger partial charge in [0.1, 0.15) is 0 Å². The fraction of sp³-hybridized carbons (Fsp3) is 0.318. The molecule has 1 heterocycles. The summed E-state index contributed by atoms with van der Waals surface area (Å²) in [6.07, 6.45) is 1.53. The summed E-state index contributed by atoms with van der Waals surface area (Å²) in [5, 5.41) is 14.7. The summed E-state index contributed by atoms with van der Waals surface area (Å²) < 4.78 is 0. The van der Waals surface area contributed by atoms with Crippen LogP contribution in [0.1, 0.15) is 25.3 Å². The number of carbonyl (C=O) groups is 2. The van der Waals surface area contributed by atoms with Crippen LogP contribution < -0.4 is 15.5 Å². The number of anilines is 2. The van der Waals surface area contributed by atoms with E-state index in [4.69, 9.17) is 5.26 Å². The molecule has 0 radical (unpaired) electrons. The van der Waals surface area contributed by atoms with E-state index in [0.717, 1.165) is 31.6 Å². The molecule has 1 aliphatic heterocycles. The van der Waals surface area contributed by atoms with Crippen LogP contribution >= 0.6 is 0 Å². The number of hydrogen-bond donors (Lipinski definition) is 3. The van der Waals surface area contributed by atoms with Gasteiger partial charge in [-0.2, -0.15) is 5.26 Å². The molecule has 2 aromatic rings. The van der Waals surface area contributed by atoms with Crippen LogP contribution in [0.5, 0.6) is 0 Å². The summed E-state index contributed by atoms with van der Waals surface area (Å²) in [5.74, 6) is -0.00965. The Morgan fingerprint density at radius 3 is 2.21 bits per heavy atom. The number of carbonyl (C=O) groups excluding carboxylic acids is 2. The number of nitrogens with zero attached hydrogens (tertiary/aromatic N) is 1. The molecule has 0 unspecified atom stereocenters. The van der Waals surface area contributed by atoms with Gasteiger partial charge < -0.3 is 15.5 Å². The number of hydrogen-bond acceptors (Lipinski definition) is 3. The lowest BCUT2D eigenvalue weighted by molar-refractivity contribution is -0.919. The molecule has 0 saturated carbocycles. The molecule has 3 rings (SSSR count). The largest absolute Gasteiger partial charge is 0.326 e. The van der Waals surface area contributed by atoms with Gasteiger partial charge >= 0.3 is 0 Å². The maximum Gasteiger partial charge on any atom is 0.282 e. The first-order valence-corrected chi connectivity index (χ1v) is 9.58. The Morgan fingerprint density at radius 1 is 1.00 bits per heavy atom. The smallest absolute Gasteiger partial charge is 0.282 e. The molecule has 1 aliphatic rings. The number of benzene rings is 2. The van der Waals surface area contributed by atoms with E-state index in [0.29, 0.717) is 11.3 Å². The third kappa shape index (κ3) is 4.96. The van der Waals surface area contributed by atoms with Crippen molar-refractivity contribution in [2.24, 2.45) is 5.92 Å². The highest BCUT2D eigenvalue weighted by atomic mass is 16.2. The highest BCUT2D eigenvalue weighted by Crippen LogP contribution is 2.15. The number of rotatable bonds is 5. The minimum atomic E-state index is -0.200. The first-order chi connectivity index (χ1) is 13.6. The van der Waals surface area contributed by atoms with Gasteiger partial charge in [-0.15, -0.1) is 0 Å². The van der Waals surface area contributed by atoms with Gasteiger partial charge in [0.05, 0.1) is 24.7 Å². The van der Waals surface area contributed by atoms with Crippen molar-refractivity contribution >= 4 is 23.2 Å². The molecular formula is C22H25N4O2+. The number of likely N-dealkylation sites (tertiary alicyclic amines) is 1. The highest BCUT2D eigenvalue weighted by Gasteiger charge is 2.32. The average Bonchev–Trinajstić information content (AvgIpc) is 2.74. The molecule has 0 aliphatic carbocycles. The van der Waals surface area contributed by atoms with Gasteiger partial charge in [-0.1, -0.05) is 18.2 Å². The van der Waals surface area contributed by atoms with Crippen LogP contribution in [-0.4, -0.2) is 30.9 Å². The fourth-order valence-electron chi connectivity index (χ4n) is 3.51. The molecule has 1 saturated heterocycles. The monoisotopic (exact) mass is 377 g/mol. The van der Waals surface area contributed by atoms with Crippen molar-refractivity contribution in [2.45, 2.75) is 25.8 Å². The van der Waals surface area contributed by atoms with Crippen molar-refractivity contribution in [3.63, 3.8) is 0 Å². The van der Waals surface area contributed by atoms with E-state index in [1.165, 1.54) is 4.90 Å². The molecule has 6 nitrogen and oxygen atoms in total. The standard InChI is InChI=1S/C22H24N4O2/c1-16(21(27)24-20-9-7-17(15-23)8-10-20)26-13-11-18(12-14-26)22(28)25-19-5-3-2-4-6-19/h2-10,16,18H,11-14H2,1H3,(H,24,27)(H,25,28)/p+1/t16-/m1/s1. The molecule has 2 amide bonds. The Morgan fingerprint density at radius 2 is 1.61 bits per heavy atom. The Bertz CT molecular complexity index is 850. The van der Waals surface area contributed by atoms with E-state index in [1.807, 2.05) is 37.3 Å². The second kappa shape index (κ2) is 9.16. The first kappa shape index (κ1) is 19.6. The molecule has 1 fully saturated rings. The Labute approximate surface area is 165 Å². The summed E-state index contributed by atoms with van der Waals surface area (Å²) in [6.45, 7) is 3.49. The average molecular weight is 377 g/mol. The summed E-state index contributed by atoms with van der Waals surface area (Å²) in [7, 11) is 0. The predicted octanol–water partition coefficient (Wildman–Crippen LogP) is 1.82. The van der Waals surface area contributed by atoms with Crippen molar-refractivity contribution in [3.8, 4) is 6.07 Å². The van der Waals surface area contributed by atoms with Crippen molar-refractivity contribution < 1.29 is 14.5 Å². The van der Waals surface area contributed by atoms with Crippen LogP contribution in [0.15, 0.2) is 54.6 Å². The topological polar surface area (TPSA) is 86.4 Å². The van der Waals surface area contributed by atoms with Crippen LogP contribution in [0.25, 0.3) is 0 Å². The van der Waals surface area contributed by atoms with Gasteiger partial charge in [0.15, 0.2) is 6.04 Å². The second-order valence-electron chi connectivity index (χ2n) is 7.19. The number of para-hydroxylation sites is 1. The zero-order chi connectivity index (χ0) is 19.9. The van der Waals surface area contributed by atoms with E-state index < -0.39 is 0 Å². The van der Waals surface area contributed by atoms with Crippen molar-refractivity contribution in [3.05, 3.63) is 60.2 Å². The van der Waals surface area contributed by atoms with Gasteiger partial charge in [-0.25, -0.2) is 0 Å². The number of piperidine rings is 1. The van der Waals surface area contributed by atoms with Crippen LogP contribution in [-0.2, 0) is 9.59 Å². The van der Waals surface area contributed by atoms with Crippen molar-refractivity contribution in [2.75, 3.05) is 23.7 Å². The predicted molar refractivity (Wildman–Crippen MR) is 108 cm³/mol. The Balaban J connectivity index is 1.48. The lowest BCUT2D eigenvalue weighted by atomic mass is 9.94. The Hall–Kier alpha value is -3.17. The zero-order valence-corrected chi connectivity index (χ0v) is 15.9. The minimum absolute atomic E-state index is 0.0160. The highest BCUT2D eigenvalue weighted by molar-refractivity contribution is 5.94. The van der Waals surface area contributed by atoms with E-state index in [9.17, 15) is 9.59 Å². The summed E-state index contributed by atoms with van der Waals surface area (Å²) in [4.78, 5) is 26.2. The van der Waals surface area contributed by atoms with Crippen LogP contribution in [0, 0.1) is 17.2 Å². The SMILES string of the molecule is C[C@H](C(=O)Nc1ccc(C#N)cc1)[NH+]1CCC(C(=O)Nc2ccccc2)CC1. The lowest BCUT2D eigenvalue weighted by Crippen LogP contribution is -3.17. The normalized spacial score (nSPS) is 19.9. The number of nitrogens with one attached hydrogen (secondary N) is 3. The molecule has 3 N–H and O–H groups in total. The molecule has 0 bridgehead atoms. The van der Waals surface area contributed by atoms with Gasteiger partial charge in [-0.3, -0.25) is 9.59 Å². The number of nitriles is 1. The van der Waals surface area contributed by atoms with E-state index in [2.05, 4.69) is 16.7 Å². The van der Waals surface area contributed by atoms with Gasteiger partial charge in [0, 0.05) is 30.1 Å². The maximum absolute atomic E-state index is 12.5. The summed E-state index contributed by atoms with van der Waals surface area (Å²) >= 11 is 0. The van der Waals surface area contributed by atoms with Crippen LogP contribution in [0.3, 0.4) is 0 Å². The van der Waals surface area contributed by atoms with E-state index >= 15 is 0 Å². The Kier molecular flexibility index (Phi) is 6.41. The van der Waals surface area contributed by atoms with Gasteiger partial charge in [0.2, 0.25) is 5.91 Å². The van der Waals surface area contributed by atoms with Crippen LogP contribution in [0.2, 0.25) is 0 Å². The zero-order valence-electron chi connectivity index (χ0n) is 15.9. The van der Waals surface area contributed by atoms with Crippen molar-refractivity contribution in [1.82, 2.24) is 0 Å². The molecule has 144 valence electrons. The third-order valence-corrected chi connectivity index (χ3v) is 5.33. The fourth-order valence-corrected chi connectivity index (χ4v) is 3.51. The summed E-state index contributed by atoms with van der Waals surface area (Å²) in [6, 6.07) is 18.2. The molecule has 28 heavy (non-hydrogen) atoms. The van der Waals surface area contributed by atoms with E-state index in [-0.39, 0.29) is 23.8 Å². The number of amides is 2.